The van der Waals surface area contributed by atoms with Crippen LogP contribution in [0.5, 0.6) is 0 Å². The molecule has 1 fully saturated rings. The third-order valence-corrected chi connectivity index (χ3v) is 4.98. The van der Waals surface area contributed by atoms with Crippen LogP contribution in [-0.2, 0) is 10.2 Å². The summed E-state index contributed by atoms with van der Waals surface area (Å²) in [5.41, 5.74) is -0.311. The number of aromatic nitrogens is 3. The summed E-state index contributed by atoms with van der Waals surface area (Å²) in [6.45, 7) is 11.0. The number of carbonyl (C=O) groups excluding carboxylic acids is 1. The zero-order valence-corrected chi connectivity index (χ0v) is 12.5. The number of rotatable bonds is 3. The molecule has 5 nitrogen and oxygen atoms in total. The lowest BCUT2D eigenvalue weighted by atomic mass is 9.65. The number of hydrogen-bond acceptors (Lipinski definition) is 3. The Morgan fingerprint density at radius 3 is 2.68 bits per heavy atom. The highest BCUT2D eigenvalue weighted by atomic mass is 16.1. The van der Waals surface area contributed by atoms with Gasteiger partial charge in [-0.1, -0.05) is 20.8 Å². The Hall–Kier alpha value is -1.39. The lowest BCUT2D eigenvalue weighted by Gasteiger charge is -2.39. The van der Waals surface area contributed by atoms with Crippen molar-refractivity contribution in [3.05, 3.63) is 11.6 Å². The van der Waals surface area contributed by atoms with E-state index >= 15 is 0 Å². The van der Waals surface area contributed by atoms with E-state index in [0.717, 1.165) is 24.5 Å². The number of nitrogens with one attached hydrogen (secondary N) is 2. The molecule has 1 aromatic heterocycles. The monoisotopic (exact) mass is 264 g/mol. The summed E-state index contributed by atoms with van der Waals surface area (Å²) in [6.07, 6.45) is 1.84. The van der Waals surface area contributed by atoms with Crippen LogP contribution < -0.4 is 5.32 Å². The fourth-order valence-electron chi connectivity index (χ4n) is 3.25. The lowest BCUT2D eigenvalue weighted by molar-refractivity contribution is -0.128. The molecule has 5 heteroatoms. The van der Waals surface area contributed by atoms with Crippen molar-refractivity contribution >= 4 is 5.91 Å². The van der Waals surface area contributed by atoms with Gasteiger partial charge in [-0.25, -0.2) is 4.98 Å². The minimum absolute atomic E-state index is 0.0243. The van der Waals surface area contributed by atoms with Gasteiger partial charge in [-0.15, -0.1) is 0 Å². The van der Waals surface area contributed by atoms with Crippen molar-refractivity contribution in [1.82, 2.24) is 20.5 Å². The third kappa shape index (κ3) is 2.05. The Balaban J connectivity index is 2.32. The van der Waals surface area contributed by atoms with E-state index in [4.69, 9.17) is 0 Å². The zero-order valence-electron chi connectivity index (χ0n) is 12.5. The van der Waals surface area contributed by atoms with Crippen LogP contribution in [0.4, 0.5) is 0 Å². The van der Waals surface area contributed by atoms with Crippen LogP contribution in [0, 0.1) is 18.3 Å². The van der Waals surface area contributed by atoms with E-state index < -0.39 is 0 Å². The molecule has 0 saturated heterocycles. The van der Waals surface area contributed by atoms with Crippen LogP contribution in [-0.4, -0.2) is 27.6 Å². The van der Waals surface area contributed by atoms with Gasteiger partial charge in [-0.3, -0.25) is 9.89 Å². The second-order valence-corrected chi connectivity index (χ2v) is 6.28. The molecule has 0 bridgehead atoms. The van der Waals surface area contributed by atoms with Crippen LogP contribution >= 0.6 is 0 Å². The zero-order chi connectivity index (χ0) is 14.3. The smallest absolute Gasteiger partial charge is 0.223 e. The Kier molecular flexibility index (Phi) is 3.41. The molecule has 2 N–H and O–H groups in total. The van der Waals surface area contributed by atoms with Crippen LogP contribution in [0.25, 0.3) is 0 Å². The van der Waals surface area contributed by atoms with Gasteiger partial charge in [0.15, 0.2) is 5.82 Å². The van der Waals surface area contributed by atoms with E-state index in [0.29, 0.717) is 6.54 Å². The molecule has 0 aliphatic heterocycles. The van der Waals surface area contributed by atoms with Gasteiger partial charge in [0.25, 0.3) is 0 Å². The molecule has 106 valence electrons. The molecule has 0 spiro atoms. The van der Waals surface area contributed by atoms with Crippen LogP contribution in [0.3, 0.4) is 0 Å². The second-order valence-electron chi connectivity index (χ2n) is 6.28. The summed E-state index contributed by atoms with van der Waals surface area (Å²) in [5, 5.41) is 10.2. The minimum Gasteiger partial charge on any atom is -0.356 e. The summed E-state index contributed by atoms with van der Waals surface area (Å²) in [7, 11) is 0. The number of carbonyl (C=O) groups is 1. The average molecular weight is 264 g/mol. The highest BCUT2D eigenvalue weighted by Crippen LogP contribution is 2.56. The van der Waals surface area contributed by atoms with Gasteiger partial charge in [0.05, 0.1) is 0 Å². The first-order valence-electron chi connectivity index (χ1n) is 7.00. The molecule has 1 aliphatic carbocycles. The maximum absolute atomic E-state index is 12.2. The number of nitrogens with zero attached hydrogens (tertiary/aromatic N) is 2. The topological polar surface area (TPSA) is 70.7 Å². The van der Waals surface area contributed by atoms with Crippen molar-refractivity contribution in [3.63, 3.8) is 0 Å². The predicted molar refractivity (Wildman–Crippen MR) is 73.7 cm³/mol. The molecule has 1 saturated carbocycles. The van der Waals surface area contributed by atoms with Crippen molar-refractivity contribution in [1.29, 1.82) is 0 Å². The predicted octanol–water partition coefficient (Wildman–Crippen LogP) is 1.94. The molecule has 1 aromatic rings. The summed E-state index contributed by atoms with van der Waals surface area (Å²) in [4.78, 5) is 16.7. The van der Waals surface area contributed by atoms with Crippen LogP contribution in [0.15, 0.2) is 0 Å². The summed E-state index contributed by atoms with van der Waals surface area (Å²) < 4.78 is 0. The molecule has 0 aromatic carbocycles. The SMILES string of the molecule is CCNC(=O)[C@H]1CC[C@@](C)(c2n[nH]c(C)n2)C1(C)C. The molecule has 0 radical (unpaired) electrons. The number of aryl methyl sites for hydroxylation is 1. The number of amides is 1. The van der Waals surface area contributed by atoms with E-state index in [1.807, 2.05) is 13.8 Å². The van der Waals surface area contributed by atoms with Crippen LogP contribution in [0.1, 0.15) is 52.2 Å². The fourth-order valence-corrected chi connectivity index (χ4v) is 3.25. The molecular formula is C14H24N4O. The fraction of sp³-hybridized carbons (Fsp3) is 0.786. The maximum atomic E-state index is 12.2. The van der Waals surface area contributed by atoms with Gasteiger partial charge in [0.2, 0.25) is 5.91 Å². The van der Waals surface area contributed by atoms with E-state index in [1.54, 1.807) is 0 Å². The Bertz CT molecular complexity index is 480. The quantitative estimate of drug-likeness (QED) is 0.876. The minimum atomic E-state index is -0.159. The molecule has 1 aliphatic rings. The number of aromatic amines is 1. The van der Waals surface area contributed by atoms with Gasteiger partial charge >= 0.3 is 0 Å². The van der Waals surface area contributed by atoms with Gasteiger partial charge in [-0.05, 0) is 32.1 Å². The first-order valence-corrected chi connectivity index (χ1v) is 7.00. The van der Waals surface area contributed by atoms with E-state index in [9.17, 15) is 4.79 Å². The second kappa shape index (κ2) is 4.62. The first kappa shape index (κ1) is 14.0. The van der Waals surface area contributed by atoms with E-state index in [2.05, 4.69) is 41.3 Å². The first-order chi connectivity index (χ1) is 8.83. The summed E-state index contributed by atoms with van der Waals surface area (Å²) >= 11 is 0. The standard InChI is InChI=1S/C14H24N4O/c1-6-15-11(19)10-7-8-14(5,13(10,3)4)12-16-9(2)17-18-12/h10H,6-8H2,1-5H3,(H,15,19)(H,16,17,18)/t10-,14+/m1/s1. The molecule has 1 amide bonds. The number of H-pyrrole nitrogens is 1. The largest absolute Gasteiger partial charge is 0.356 e. The Morgan fingerprint density at radius 2 is 2.16 bits per heavy atom. The van der Waals surface area contributed by atoms with Crippen LogP contribution in [0.2, 0.25) is 0 Å². The molecule has 0 unspecified atom stereocenters. The lowest BCUT2D eigenvalue weighted by Crippen LogP contribution is -2.44. The molecular weight excluding hydrogens is 240 g/mol. The normalized spacial score (nSPS) is 29.4. The number of hydrogen-bond donors (Lipinski definition) is 2. The van der Waals surface area contributed by atoms with Crippen molar-refractivity contribution < 1.29 is 4.79 Å². The average Bonchev–Trinajstić information content (AvgIpc) is 2.84. The molecule has 1 heterocycles. The highest BCUT2D eigenvalue weighted by Gasteiger charge is 2.56. The molecule has 2 atom stereocenters. The van der Waals surface area contributed by atoms with Crippen molar-refractivity contribution in [2.45, 2.75) is 52.9 Å². The Morgan fingerprint density at radius 1 is 1.47 bits per heavy atom. The van der Waals surface area contributed by atoms with Gasteiger partial charge < -0.3 is 5.32 Å². The third-order valence-electron chi connectivity index (χ3n) is 4.98. The Labute approximate surface area is 114 Å². The summed E-state index contributed by atoms with van der Waals surface area (Å²) in [5.74, 6) is 1.84. The van der Waals surface area contributed by atoms with Gasteiger partial charge in [0.1, 0.15) is 5.82 Å². The van der Waals surface area contributed by atoms with Crippen molar-refractivity contribution in [2.75, 3.05) is 6.54 Å². The van der Waals surface area contributed by atoms with Gasteiger partial charge in [0, 0.05) is 17.9 Å². The molecule has 19 heavy (non-hydrogen) atoms. The summed E-state index contributed by atoms with van der Waals surface area (Å²) in [6, 6.07) is 0. The maximum Gasteiger partial charge on any atom is 0.223 e. The van der Waals surface area contributed by atoms with Gasteiger partial charge in [-0.2, -0.15) is 5.10 Å². The van der Waals surface area contributed by atoms with Crippen molar-refractivity contribution in [3.8, 4) is 0 Å². The highest BCUT2D eigenvalue weighted by molar-refractivity contribution is 5.80. The van der Waals surface area contributed by atoms with E-state index in [-0.39, 0.29) is 22.7 Å². The molecule has 2 rings (SSSR count). The van der Waals surface area contributed by atoms with Crippen molar-refractivity contribution in [2.24, 2.45) is 11.3 Å². The van der Waals surface area contributed by atoms with E-state index in [1.165, 1.54) is 0 Å².